The van der Waals surface area contributed by atoms with Gasteiger partial charge in [-0.05, 0) is 37.5 Å². The molecule has 0 saturated heterocycles. The van der Waals surface area contributed by atoms with E-state index in [1.54, 1.807) is 30.5 Å². The van der Waals surface area contributed by atoms with Gasteiger partial charge in [0.1, 0.15) is 0 Å². The van der Waals surface area contributed by atoms with Gasteiger partial charge in [0, 0.05) is 18.8 Å². The fourth-order valence-electron chi connectivity index (χ4n) is 2.78. The van der Waals surface area contributed by atoms with Crippen LogP contribution in [0.1, 0.15) is 46.4 Å². The Morgan fingerprint density at radius 2 is 1.50 bits per heavy atom. The van der Waals surface area contributed by atoms with Crippen LogP contribution in [0.4, 0.5) is 0 Å². The number of ether oxygens (including phenoxy) is 1. The van der Waals surface area contributed by atoms with Crippen molar-refractivity contribution in [1.29, 1.82) is 0 Å². The lowest BCUT2D eigenvalue weighted by atomic mass is 10.1. The van der Waals surface area contributed by atoms with E-state index >= 15 is 0 Å². The second-order valence-electron chi connectivity index (χ2n) is 5.74. The van der Waals surface area contributed by atoms with Crippen molar-refractivity contribution in [3.05, 3.63) is 59.8 Å². The van der Waals surface area contributed by atoms with E-state index in [1.165, 1.54) is 4.90 Å². The average molecular weight is 324 g/mol. The molecule has 1 aromatic heterocycles. The highest BCUT2D eigenvalue weighted by Crippen LogP contribution is 2.22. The molecule has 1 aromatic carbocycles. The van der Waals surface area contributed by atoms with Gasteiger partial charge in [-0.15, -0.1) is 0 Å². The zero-order valence-electron chi connectivity index (χ0n) is 13.5. The Morgan fingerprint density at radius 1 is 0.833 bits per heavy atom. The van der Waals surface area contributed by atoms with Crippen molar-refractivity contribution in [1.82, 2.24) is 9.88 Å². The third kappa shape index (κ3) is 3.62. The smallest absolute Gasteiger partial charge is 0.261 e. The Balaban J connectivity index is 1.34. The molecule has 0 fully saturated rings. The van der Waals surface area contributed by atoms with Crippen LogP contribution in [0.3, 0.4) is 0 Å². The van der Waals surface area contributed by atoms with Gasteiger partial charge in [-0.1, -0.05) is 24.6 Å². The highest BCUT2D eigenvalue weighted by Gasteiger charge is 2.34. The quantitative estimate of drug-likeness (QED) is 0.552. The maximum Gasteiger partial charge on any atom is 0.261 e. The third-order valence-electron chi connectivity index (χ3n) is 4.04. The van der Waals surface area contributed by atoms with E-state index in [0.29, 0.717) is 30.2 Å². The molecular weight excluding hydrogens is 304 g/mol. The average Bonchev–Trinajstić information content (AvgIpc) is 2.87. The predicted octanol–water partition coefficient (Wildman–Crippen LogP) is 3.32. The lowest BCUT2D eigenvalue weighted by Crippen LogP contribution is -2.30. The van der Waals surface area contributed by atoms with Crippen LogP contribution < -0.4 is 4.74 Å². The summed E-state index contributed by atoms with van der Waals surface area (Å²) in [6.07, 6.45) is 5.40. The van der Waals surface area contributed by atoms with E-state index in [1.807, 2.05) is 18.2 Å². The number of imide groups is 1. The van der Waals surface area contributed by atoms with Crippen LogP contribution in [0.2, 0.25) is 0 Å². The molecule has 0 aliphatic carbocycles. The number of carbonyl (C=O) groups is 2. The van der Waals surface area contributed by atoms with Crippen LogP contribution in [0.15, 0.2) is 48.7 Å². The molecule has 124 valence electrons. The number of fused-ring (bicyclic) bond motifs is 1. The molecule has 0 unspecified atom stereocenters. The molecule has 0 spiro atoms. The highest BCUT2D eigenvalue weighted by molar-refractivity contribution is 6.21. The van der Waals surface area contributed by atoms with E-state index in [2.05, 4.69) is 4.98 Å². The molecule has 3 rings (SSSR count). The number of aromatic nitrogens is 1. The molecule has 0 radical (unpaired) electrons. The lowest BCUT2D eigenvalue weighted by molar-refractivity contribution is 0.0651. The van der Waals surface area contributed by atoms with Crippen molar-refractivity contribution in [2.24, 2.45) is 0 Å². The molecule has 2 aromatic rings. The summed E-state index contributed by atoms with van der Waals surface area (Å²) in [5, 5.41) is 0. The summed E-state index contributed by atoms with van der Waals surface area (Å²) >= 11 is 0. The van der Waals surface area contributed by atoms with Gasteiger partial charge < -0.3 is 4.74 Å². The Labute approximate surface area is 141 Å². The number of amides is 2. The van der Waals surface area contributed by atoms with E-state index in [-0.39, 0.29) is 11.8 Å². The molecule has 24 heavy (non-hydrogen) atoms. The molecule has 0 N–H and O–H groups in total. The Hall–Kier alpha value is -2.69. The van der Waals surface area contributed by atoms with E-state index in [9.17, 15) is 9.59 Å². The van der Waals surface area contributed by atoms with Crippen LogP contribution in [-0.4, -0.2) is 34.8 Å². The van der Waals surface area contributed by atoms with Gasteiger partial charge in [0.25, 0.3) is 11.8 Å². The van der Waals surface area contributed by atoms with Crippen molar-refractivity contribution in [3.63, 3.8) is 0 Å². The first-order chi connectivity index (χ1) is 11.8. The van der Waals surface area contributed by atoms with Gasteiger partial charge in [-0.25, -0.2) is 4.98 Å². The summed E-state index contributed by atoms with van der Waals surface area (Å²) in [4.78, 5) is 29.9. The first kappa shape index (κ1) is 16.2. The van der Waals surface area contributed by atoms with Crippen molar-refractivity contribution in [3.8, 4) is 5.88 Å². The number of rotatable bonds is 8. The number of hydrogen-bond donors (Lipinski definition) is 0. The summed E-state index contributed by atoms with van der Waals surface area (Å²) < 4.78 is 5.53. The van der Waals surface area contributed by atoms with Crippen molar-refractivity contribution >= 4 is 11.8 Å². The zero-order chi connectivity index (χ0) is 16.8. The van der Waals surface area contributed by atoms with Gasteiger partial charge in [-0.3, -0.25) is 14.5 Å². The Morgan fingerprint density at radius 3 is 2.17 bits per heavy atom. The highest BCUT2D eigenvalue weighted by atomic mass is 16.5. The molecule has 1 aliphatic heterocycles. The van der Waals surface area contributed by atoms with Crippen molar-refractivity contribution in [2.75, 3.05) is 13.2 Å². The molecule has 2 amide bonds. The monoisotopic (exact) mass is 324 g/mol. The molecule has 5 heteroatoms. The minimum Gasteiger partial charge on any atom is -0.478 e. The fourth-order valence-corrected chi connectivity index (χ4v) is 2.78. The maximum atomic E-state index is 12.2. The summed E-state index contributed by atoms with van der Waals surface area (Å²) in [6, 6.07) is 12.6. The first-order valence-corrected chi connectivity index (χ1v) is 8.26. The topological polar surface area (TPSA) is 59.5 Å². The van der Waals surface area contributed by atoms with Crippen LogP contribution in [0, 0.1) is 0 Å². The molecule has 5 nitrogen and oxygen atoms in total. The van der Waals surface area contributed by atoms with E-state index in [0.717, 1.165) is 25.7 Å². The molecule has 0 bridgehead atoms. The Kier molecular flexibility index (Phi) is 5.21. The van der Waals surface area contributed by atoms with Crippen molar-refractivity contribution < 1.29 is 14.3 Å². The summed E-state index contributed by atoms with van der Waals surface area (Å²) in [5.41, 5.74) is 1.04. The van der Waals surface area contributed by atoms with Crippen molar-refractivity contribution in [2.45, 2.75) is 25.7 Å². The second kappa shape index (κ2) is 7.73. The molecule has 0 saturated carbocycles. The summed E-state index contributed by atoms with van der Waals surface area (Å²) in [6.45, 7) is 1.11. The number of unbranched alkanes of at least 4 members (excludes halogenated alkanes) is 3. The van der Waals surface area contributed by atoms with Gasteiger partial charge in [0.15, 0.2) is 0 Å². The van der Waals surface area contributed by atoms with Crippen LogP contribution >= 0.6 is 0 Å². The molecule has 2 heterocycles. The largest absolute Gasteiger partial charge is 0.478 e. The number of pyridine rings is 1. The fraction of sp³-hybridized carbons (Fsp3) is 0.316. The minimum absolute atomic E-state index is 0.172. The third-order valence-corrected chi connectivity index (χ3v) is 4.04. The van der Waals surface area contributed by atoms with Gasteiger partial charge in [-0.2, -0.15) is 0 Å². The summed E-state index contributed by atoms with van der Waals surface area (Å²) in [5.74, 6) is 0.298. The predicted molar refractivity (Wildman–Crippen MR) is 90.0 cm³/mol. The second-order valence-corrected chi connectivity index (χ2v) is 5.74. The van der Waals surface area contributed by atoms with Crippen LogP contribution in [0.25, 0.3) is 0 Å². The first-order valence-electron chi connectivity index (χ1n) is 8.26. The van der Waals surface area contributed by atoms with Crippen LogP contribution in [0.5, 0.6) is 5.88 Å². The lowest BCUT2D eigenvalue weighted by Gasteiger charge is -2.13. The molecular formula is C19H20N2O3. The number of nitrogens with zero attached hydrogens (tertiary/aromatic N) is 2. The minimum atomic E-state index is -0.172. The SMILES string of the molecule is O=C1c2ccccc2C(=O)N1CCCCCCOc1ccccn1. The summed E-state index contributed by atoms with van der Waals surface area (Å²) in [7, 11) is 0. The van der Waals surface area contributed by atoms with Gasteiger partial charge in [0.2, 0.25) is 5.88 Å². The maximum absolute atomic E-state index is 12.2. The number of hydrogen-bond acceptors (Lipinski definition) is 4. The van der Waals surface area contributed by atoms with E-state index in [4.69, 9.17) is 4.74 Å². The number of benzene rings is 1. The standard InChI is InChI=1S/C19H20N2O3/c22-18-15-9-3-4-10-16(15)19(23)21(18)13-7-1-2-8-14-24-17-11-5-6-12-20-17/h3-6,9-12H,1-2,7-8,13-14H2. The zero-order valence-corrected chi connectivity index (χ0v) is 13.5. The van der Waals surface area contributed by atoms with Crippen LogP contribution in [-0.2, 0) is 0 Å². The molecule has 1 aliphatic rings. The number of carbonyl (C=O) groups excluding carboxylic acids is 2. The molecule has 0 atom stereocenters. The Bertz CT molecular complexity index is 681. The van der Waals surface area contributed by atoms with Gasteiger partial charge >= 0.3 is 0 Å². The normalized spacial score (nSPS) is 13.2. The van der Waals surface area contributed by atoms with E-state index < -0.39 is 0 Å². The van der Waals surface area contributed by atoms with Gasteiger partial charge in [0.05, 0.1) is 17.7 Å².